The smallest absolute Gasteiger partial charge is 0.431 e. The molecular formula is C20H15F3N4O. The number of alkyl halides is 3. The lowest BCUT2D eigenvalue weighted by molar-refractivity contribution is -0.0658. The van der Waals surface area contributed by atoms with E-state index >= 15 is 0 Å². The fourth-order valence-electron chi connectivity index (χ4n) is 3.69. The maximum Gasteiger partial charge on any atom is 0.431 e. The van der Waals surface area contributed by atoms with Crippen molar-refractivity contribution >= 4 is 11.4 Å². The molecule has 0 saturated heterocycles. The summed E-state index contributed by atoms with van der Waals surface area (Å²) in [6, 6.07) is 18.9. The topological polar surface area (TPSA) is 74.6 Å². The third kappa shape index (κ3) is 2.85. The second kappa shape index (κ2) is 6.60. The molecule has 0 fully saturated rings. The first-order valence-corrected chi connectivity index (χ1v) is 8.53. The van der Waals surface area contributed by atoms with Gasteiger partial charge in [0.1, 0.15) is 6.07 Å². The zero-order chi connectivity index (χ0) is 19.9. The number of benzene rings is 2. The van der Waals surface area contributed by atoms with Crippen LogP contribution in [0.4, 0.5) is 18.9 Å². The maximum absolute atomic E-state index is 13.9. The average molecular weight is 384 g/mol. The van der Waals surface area contributed by atoms with Gasteiger partial charge in [-0.25, -0.2) is 5.01 Å². The van der Waals surface area contributed by atoms with Gasteiger partial charge in [-0.1, -0.05) is 48.5 Å². The van der Waals surface area contributed by atoms with Crippen LogP contribution in [0.25, 0.3) is 0 Å². The van der Waals surface area contributed by atoms with Crippen molar-refractivity contribution in [2.75, 3.05) is 5.01 Å². The summed E-state index contributed by atoms with van der Waals surface area (Å²) in [5.41, 5.74) is 5.92. The Hall–Kier alpha value is -3.47. The van der Waals surface area contributed by atoms with Crippen molar-refractivity contribution in [1.29, 1.82) is 5.26 Å². The molecule has 0 bridgehead atoms. The zero-order valence-electron chi connectivity index (χ0n) is 14.5. The fraction of sp³-hybridized carbons (Fsp3) is 0.200. The lowest BCUT2D eigenvalue weighted by atomic mass is 9.76. The molecule has 0 saturated carbocycles. The molecule has 0 aromatic heterocycles. The van der Waals surface area contributed by atoms with Crippen molar-refractivity contribution in [2.45, 2.75) is 18.3 Å². The largest absolute Gasteiger partial charge is 0.452 e. The van der Waals surface area contributed by atoms with Crippen molar-refractivity contribution < 1.29 is 17.9 Å². The minimum Gasteiger partial charge on any atom is -0.452 e. The van der Waals surface area contributed by atoms with Gasteiger partial charge in [-0.2, -0.15) is 23.5 Å². The number of hydrogen-bond donors (Lipinski definition) is 1. The molecule has 5 nitrogen and oxygen atoms in total. The predicted molar refractivity (Wildman–Crippen MR) is 96.8 cm³/mol. The molecule has 2 N–H and O–H groups in total. The first-order chi connectivity index (χ1) is 13.4. The van der Waals surface area contributed by atoms with E-state index in [0.29, 0.717) is 11.3 Å². The minimum absolute atomic E-state index is 0.0284. The molecule has 2 aliphatic heterocycles. The lowest BCUT2D eigenvalue weighted by Gasteiger charge is -2.37. The van der Waals surface area contributed by atoms with Crippen LogP contribution in [0.5, 0.6) is 0 Å². The SMILES string of the molecule is N#CC1=C(N)O[C@H]2[C@@H](C(C(F)(F)F)=NN2c2ccccc2)[C@H]1c1ccccc1. The van der Waals surface area contributed by atoms with Gasteiger partial charge in [-0.05, 0) is 17.7 Å². The number of nitriles is 1. The lowest BCUT2D eigenvalue weighted by Crippen LogP contribution is -2.46. The summed E-state index contributed by atoms with van der Waals surface area (Å²) in [5, 5.41) is 14.6. The van der Waals surface area contributed by atoms with Crippen LogP contribution in [0, 0.1) is 17.2 Å². The van der Waals surface area contributed by atoms with E-state index in [1.54, 1.807) is 60.7 Å². The Morgan fingerprint density at radius 3 is 2.21 bits per heavy atom. The first-order valence-electron chi connectivity index (χ1n) is 8.53. The summed E-state index contributed by atoms with van der Waals surface area (Å²) < 4.78 is 47.3. The summed E-state index contributed by atoms with van der Waals surface area (Å²) >= 11 is 0. The Kier molecular flexibility index (Phi) is 4.23. The molecule has 2 aliphatic rings. The van der Waals surface area contributed by atoms with Crippen molar-refractivity contribution in [3.05, 3.63) is 77.7 Å². The van der Waals surface area contributed by atoms with Crippen molar-refractivity contribution in [3.8, 4) is 6.07 Å². The van der Waals surface area contributed by atoms with E-state index < -0.39 is 30.0 Å². The van der Waals surface area contributed by atoms with Gasteiger partial charge in [0, 0.05) is 5.92 Å². The van der Waals surface area contributed by atoms with Gasteiger partial charge in [0.25, 0.3) is 0 Å². The highest BCUT2D eigenvalue weighted by atomic mass is 19.4. The van der Waals surface area contributed by atoms with Crippen LogP contribution in [0.15, 0.2) is 77.2 Å². The van der Waals surface area contributed by atoms with E-state index in [1.807, 2.05) is 6.07 Å². The highest BCUT2D eigenvalue weighted by molar-refractivity contribution is 5.96. The van der Waals surface area contributed by atoms with Gasteiger partial charge in [-0.3, -0.25) is 0 Å². The highest BCUT2D eigenvalue weighted by Gasteiger charge is 2.57. The number of anilines is 1. The van der Waals surface area contributed by atoms with E-state index in [4.69, 9.17) is 10.5 Å². The number of hydrazone groups is 1. The molecule has 0 aliphatic carbocycles. The van der Waals surface area contributed by atoms with E-state index in [9.17, 15) is 18.4 Å². The third-order valence-electron chi connectivity index (χ3n) is 4.85. The van der Waals surface area contributed by atoms with Gasteiger partial charge >= 0.3 is 6.18 Å². The molecule has 0 amide bonds. The number of halogens is 3. The van der Waals surface area contributed by atoms with Gasteiger partial charge in [0.15, 0.2) is 5.71 Å². The van der Waals surface area contributed by atoms with Crippen molar-refractivity contribution in [3.63, 3.8) is 0 Å². The Morgan fingerprint density at radius 1 is 1.04 bits per heavy atom. The van der Waals surface area contributed by atoms with E-state index in [-0.39, 0.29) is 11.5 Å². The van der Waals surface area contributed by atoms with Crippen LogP contribution >= 0.6 is 0 Å². The molecule has 2 aromatic rings. The molecule has 0 radical (unpaired) electrons. The van der Waals surface area contributed by atoms with E-state index in [0.717, 1.165) is 0 Å². The normalized spacial score (nSPS) is 24.3. The number of nitrogens with zero attached hydrogens (tertiary/aromatic N) is 3. The number of fused-ring (bicyclic) bond motifs is 1. The minimum atomic E-state index is -4.69. The molecule has 3 atom stereocenters. The van der Waals surface area contributed by atoms with Crippen LogP contribution in [0.2, 0.25) is 0 Å². The zero-order valence-corrected chi connectivity index (χ0v) is 14.5. The molecule has 142 valence electrons. The van der Waals surface area contributed by atoms with Crippen LogP contribution in [-0.2, 0) is 4.74 Å². The van der Waals surface area contributed by atoms with Gasteiger partial charge in [-0.15, -0.1) is 0 Å². The van der Waals surface area contributed by atoms with E-state index in [2.05, 4.69) is 5.10 Å². The van der Waals surface area contributed by atoms with Gasteiger partial charge in [0.2, 0.25) is 12.1 Å². The second-order valence-electron chi connectivity index (χ2n) is 6.48. The van der Waals surface area contributed by atoms with Crippen molar-refractivity contribution in [1.82, 2.24) is 0 Å². The van der Waals surface area contributed by atoms with Crippen LogP contribution < -0.4 is 10.7 Å². The number of nitrogens with two attached hydrogens (primary N) is 1. The molecule has 2 aromatic carbocycles. The number of rotatable bonds is 2. The monoisotopic (exact) mass is 384 g/mol. The number of para-hydroxylation sites is 1. The Labute approximate surface area is 159 Å². The Bertz CT molecular complexity index is 980. The molecule has 2 heterocycles. The van der Waals surface area contributed by atoms with Crippen LogP contribution in [0.1, 0.15) is 11.5 Å². The summed E-state index contributed by atoms with van der Waals surface area (Å²) in [7, 11) is 0. The molecule has 0 spiro atoms. The van der Waals surface area contributed by atoms with Gasteiger partial charge in [0.05, 0.1) is 17.2 Å². The maximum atomic E-state index is 13.9. The standard InChI is InChI=1S/C20H15F3N4O/c21-20(22,23)17-16-15(12-7-3-1-4-8-12)14(11-24)18(25)28-19(16)27(26-17)13-9-5-2-6-10-13/h1-10,15-16,19H,25H2/t15-,16+,19-/m0/s1. The second-order valence-corrected chi connectivity index (χ2v) is 6.48. The number of ether oxygens (including phenoxy) is 1. The summed E-state index contributed by atoms with van der Waals surface area (Å²) in [6.07, 6.45) is -5.79. The van der Waals surface area contributed by atoms with Gasteiger partial charge < -0.3 is 10.5 Å². The molecular weight excluding hydrogens is 369 g/mol. The van der Waals surface area contributed by atoms with Crippen LogP contribution in [-0.4, -0.2) is 18.1 Å². The Balaban J connectivity index is 1.90. The predicted octanol–water partition coefficient (Wildman–Crippen LogP) is 3.88. The number of hydrogen-bond acceptors (Lipinski definition) is 5. The molecule has 8 heteroatoms. The molecule has 28 heavy (non-hydrogen) atoms. The quantitative estimate of drug-likeness (QED) is 0.853. The van der Waals surface area contributed by atoms with Crippen molar-refractivity contribution in [2.24, 2.45) is 16.8 Å². The summed E-state index contributed by atoms with van der Waals surface area (Å²) in [5.74, 6) is -2.33. The number of allylic oxidation sites excluding steroid dienone is 1. The summed E-state index contributed by atoms with van der Waals surface area (Å²) in [6.45, 7) is 0. The van der Waals surface area contributed by atoms with Crippen LogP contribution in [0.3, 0.4) is 0 Å². The third-order valence-corrected chi connectivity index (χ3v) is 4.85. The summed E-state index contributed by atoms with van der Waals surface area (Å²) in [4.78, 5) is 0. The van der Waals surface area contributed by atoms with E-state index in [1.165, 1.54) is 5.01 Å². The molecule has 4 rings (SSSR count). The highest BCUT2D eigenvalue weighted by Crippen LogP contribution is 2.48. The Morgan fingerprint density at radius 2 is 1.64 bits per heavy atom. The first kappa shape index (κ1) is 17.9. The fourth-order valence-corrected chi connectivity index (χ4v) is 3.69. The molecule has 0 unspecified atom stereocenters. The average Bonchev–Trinajstić information content (AvgIpc) is 3.07.